The topological polar surface area (TPSA) is 41.0 Å². The number of hydrogen-bond acceptors (Lipinski definition) is 4. The molecule has 2 aromatic carbocycles. The molecule has 6 heteroatoms. The Morgan fingerprint density at radius 2 is 1.79 bits per heavy atom. The Morgan fingerprint density at radius 1 is 1.07 bits per heavy atom. The first-order chi connectivity index (χ1) is 14.0. The van der Waals surface area contributed by atoms with Gasteiger partial charge < -0.3 is 10.2 Å². The van der Waals surface area contributed by atoms with Crippen LogP contribution in [0.4, 0.5) is 5.82 Å². The Hall–Kier alpha value is -1.69. The van der Waals surface area contributed by atoms with Gasteiger partial charge in [0.2, 0.25) is 0 Å². The Kier molecular flexibility index (Phi) is 7.87. The number of aromatic nitrogens is 2. The van der Waals surface area contributed by atoms with Crippen LogP contribution in [0.25, 0.3) is 22.3 Å². The number of hydrogen-bond donors (Lipinski definition) is 1. The van der Waals surface area contributed by atoms with Gasteiger partial charge in [-0.2, -0.15) is 0 Å². The Bertz CT molecular complexity index is 942. The fourth-order valence-electron chi connectivity index (χ4n) is 3.41. The van der Waals surface area contributed by atoms with E-state index in [1.54, 1.807) is 0 Å². The molecule has 0 bridgehead atoms. The lowest BCUT2D eigenvalue weighted by atomic mass is 10.1. The van der Waals surface area contributed by atoms with Crippen LogP contribution in [0.2, 0.25) is 5.02 Å². The molecule has 0 spiro atoms. The first kappa shape index (κ1) is 22.0. The Balaban J connectivity index is 1.84. The van der Waals surface area contributed by atoms with Gasteiger partial charge in [-0.05, 0) is 69.7 Å². The van der Waals surface area contributed by atoms with Gasteiger partial charge in [-0.25, -0.2) is 9.97 Å². The molecular formula is C23H28BrClN4. The third-order valence-corrected chi connectivity index (χ3v) is 5.91. The smallest absolute Gasteiger partial charge is 0.162 e. The van der Waals surface area contributed by atoms with Crippen molar-refractivity contribution in [3.8, 4) is 11.4 Å². The molecule has 0 aliphatic carbocycles. The van der Waals surface area contributed by atoms with Crippen LogP contribution in [-0.4, -0.2) is 40.5 Å². The highest BCUT2D eigenvalue weighted by Crippen LogP contribution is 2.28. The van der Waals surface area contributed by atoms with Crippen LogP contribution in [0.3, 0.4) is 0 Å². The second-order valence-corrected chi connectivity index (χ2v) is 8.63. The highest BCUT2D eigenvalue weighted by Gasteiger charge is 2.13. The number of anilines is 1. The molecule has 1 heterocycles. The number of fused-ring (bicyclic) bond motifs is 1. The Morgan fingerprint density at radius 3 is 2.48 bits per heavy atom. The summed E-state index contributed by atoms with van der Waals surface area (Å²) in [5, 5.41) is 5.25. The van der Waals surface area contributed by atoms with Gasteiger partial charge in [0, 0.05) is 26.5 Å². The van der Waals surface area contributed by atoms with Crippen LogP contribution < -0.4 is 5.32 Å². The third kappa shape index (κ3) is 5.91. The molecule has 0 aliphatic rings. The van der Waals surface area contributed by atoms with E-state index in [4.69, 9.17) is 21.6 Å². The van der Waals surface area contributed by atoms with E-state index < -0.39 is 0 Å². The van der Waals surface area contributed by atoms with E-state index in [1.165, 1.54) is 0 Å². The maximum atomic E-state index is 6.26. The fourth-order valence-corrected chi connectivity index (χ4v) is 3.84. The summed E-state index contributed by atoms with van der Waals surface area (Å²) < 4.78 is 1.04. The predicted molar refractivity (Wildman–Crippen MR) is 128 cm³/mol. The number of nitrogens with zero attached hydrogens (tertiary/aromatic N) is 3. The highest BCUT2D eigenvalue weighted by atomic mass is 79.9. The molecule has 0 saturated heterocycles. The highest BCUT2D eigenvalue weighted by molar-refractivity contribution is 9.10. The maximum absolute atomic E-state index is 6.26. The van der Waals surface area contributed by atoms with Crippen molar-refractivity contribution in [2.24, 2.45) is 0 Å². The summed E-state index contributed by atoms with van der Waals surface area (Å²) in [5.41, 5.74) is 1.88. The molecule has 0 radical (unpaired) electrons. The van der Waals surface area contributed by atoms with E-state index in [9.17, 15) is 0 Å². The summed E-state index contributed by atoms with van der Waals surface area (Å²) in [5.74, 6) is 1.55. The summed E-state index contributed by atoms with van der Waals surface area (Å²) in [7, 11) is 0. The molecule has 154 valence electrons. The zero-order valence-corrected chi connectivity index (χ0v) is 19.6. The van der Waals surface area contributed by atoms with E-state index in [-0.39, 0.29) is 0 Å². The average Bonchev–Trinajstić information content (AvgIpc) is 2.72. The van der Waals surface area contributed by atoms with Crippen molar-refractivity contribution in [2.75, 3.05) is 25.0 Å². The standard InChI is InChI=1S/C23H28BrClN4/c1-4-29(5-2)14-6-7-16(3)26-23-20-15-19(25)12-13-21(20)27-22(28-23)17-8-10-18(24)11-9-17/h8-13,15-16H,4-7,14H2,1-3H3,(H,26,27,28). The van der Waals surface area contributed by atoms with Gasteiger partial charge in [-0.1, -0.05) is 53.5 Å². The molecule has 4 nitrogen and oxygen atoms in total. The molecule has 0 saturated carbocycles. The van der Waals surface area contributed by atoms with E-state index in [0.717, 1.165) is 59.2 Å². The number of benzene rings is 2. The molecule has 0 fully saturated rings. The number of halogens is 2. The van der Waals surface area contributed by atoms with Crippen LogP contribution in [-0.2, 0) is 0 Å². The van der Waals surface area contributed by atoms with Gasteiger partial charge in [0.05, 0.1) is 5.52 Å². The van der Waals surface area contributed by atoms with Crippen molar-refractivity contribution in [1.29, 1.82) is 0 Å². The van der Waals surface area contributed by atoms with Crippen molar-refractivity contribution in [1.82, 2.24) is 14.9 Å². The van der Waals surface area contributed by atoms with Gasteiger partial charge >= 0.3 is 0 Å². The quantitative estimate of drug-likeness (QED) is 0.377. The minimum absolute atomic E-state index is 0.306. The largest absolute Gasteiger partial charge is 0.367 e. The minimum Gasteiger partial charge on any atom is -0.367 e. The first-order valence-electron chi connectivity index (χ1n) is 10.2. The first-order valence-corrected chi connectivity index (χ1v) is 11.4. The van der Waals surface area contributed by atoms with Crippen LogP contribution in [0.5, 0.6) is 0 Å². The molecule has 0 amide bonds. The summed E-state index contributed by atoms with van der Waals surface area (Å²) in [4.78, 5) is 12.1. The molecule has 1 N–H and O–H groups in total. The molecule has 3 aromatic rings. The zero-order valence-electron chi connectivity index (χ0n) is 17.3. The maximum Gasteiger partial charge on any atom is 0.162 e. The van der Waals surface area contributed by atoms with Crippen molar-refractivity contribution in [3.63, 3.8) is 0 Å². The molecule has 3 rings (SSSR count). The van der Waals surface area contributed by atoms with Crippen LogP contribution in [0, 0.1) is 0 Å². The minimum atomic E-state index is 0.306. The van der Waals surface area contributed by atoms with Crippen molar-refractivity contribution in [2.45, 2.75) is 39.7 Å². The number of nitrogens with one attached hydrogen (secondary N) is 1. The van der Waals surface area contributed by atoms with Gasteiger partial charge in [0.1, 0.15) is 5.82 Å². The lowest BCUT2D eigenvalue weighted by Gasteiger charge is -2.20. The zero-order chi connectivity index (χ0) is 20.8. The van der Waals surface area contributed by atoms with Gasteiger partial charge in [-0.3, -0.25) is 0 Å². The lowest BCUT2D eigenvalue weighted by molar-refractivity contribution is 0.295. The monoisotopic (exact) mass is 474 g/mol. The predicted octanol–water partition coefficient (Wildman–Crippen LogP) is 6.64. The summed E-state index contributed by atoms with van der Waals surface area (Å²) in [6, 6.07) is 14.1. The van der Waals surface area contributed by atoms with E-state index >= 15 is 0 Å². The molecule has 1 atom stereocenters. The van der Waals surface area contributed by atoms with E-state index in [2.05, 4.69) is 46.9 Å². The second-order valence-electron chi connectivity index (χ2n) is 7.28. The summed E-state index contributed by atoms with van der Waals surface area (Å²) >= 11 is 9.74. The summed E-state index contributed by atoms with van der Waals surface area (Å²) in [6.07, 6.45) is 2.23. The molecular weight excluding hydrogens is 448 g/mol. The van der Waals surface area contributed by atoms with Crippen LogP contribution >= 0.6 is 27.5 Å². The second kappa shape index (κ2) is 10.4. The van der Waals surface area contributed by atoms with Crippen molar-refractivity contribution < 1.29 is 0 Å². The Labute approximate surface area is 186 Å². The SMILES string of the molecule is CCN(CC)CCCC(C)Nc1nc(-c2ccc(Br)cc2)nc2ccc(Cl)cc12. The van der Waals surface area contributed by atoms with Crippen LogP contribution in [0.1, 0.15) is 33.6 Å². The average molecular weight is 476 g/mol. The fraction of sp³-hybridized carbons (Fsp3) is 0.391. The molecule has 1 aromatic heterocycles. The third-order valence-electron chi connectivity index (χ3n) is 5.15. The van der Waals surface area contributed by atoms with Crippen molar-refractivity contribution >= 4 is 44.3 Å². The molecule has 1 unspecified atom stereocenters. The van der Waals surface area contributed by atoms with E-state index in [1.807, 2.05) is 42.5 Å². The lowest BCUT2D eigenvalue weighted by Crippen LogP contribution is -2.25. The van der Waals surface area contributed by atoms with Crippen LogP contribution in [0.15, 0.2) is 46.9 Å². The number of rotatable bonds is 9. The van der Waals surface area contributed by atoms with Gasteiger partial charge in [-0.15, -0.1) is 0 Å². The van der Waals surface area contributed by atoms with Crippen molar-refractivity contribution in [3.05, 3.63) is 52.0 Å². The van der Waals surface area contributed by atoms with E-state index in [0.29, 0.717) is 16.9 Å². The summed E-state index contributed by atoms with van der Waals surface area (Å²) in [6.45, 7) is 9.96. The normalized spacial score (nSPS) is 12.5. The molecule has 0 aliphatic heterocycles. The van der Waals surface area contributed by atoms with Gasteiger partial charge in [0.25, 0.3) is 0 Å². The van der Waals surface area contributed by atoms with Gasteiger partial charge in [0.15, 0.2) is 5.82 Å². The molecule has 29 heavy (non-hydrogen) atoms.